The van der Waals surface area contributed by atoms with Crippen LogP contribution < -0.4 is 4.90 Å². The first-order valence-electron chi connectivity index (χ1n) is 13.2. The molecule has 1 aromatic heterocycles. The number of morpholine rings is 1. The van der Waals surface area contributed by atoms with Crippen molar-refractivity contribution < 1.29 is 14.3 Å². The van der Waals surface area contributed by atoms with Gasteiger partial charge in [-0.2, -0.15) is 0 Å². The molecule has 2 aromatic rings. The van der Waals surface area contributed by atoms with Gasteiger partial charge in [-0.05, 0) is 43.9 Å². The van der Waals surface area contributed by atoms with Crippen LogP contribution in [0, 0.1) is 0 Å². The molecule has 206 valence electrons. The van der Waals surface area contributed by atoms with Gasteiger partial charge in [0.2, 0.25) is 5.91 Å². The van der Waals surface area contributed by atoms with Crippen molar-refractivity contribution in [2.24, 2.45) is 0 Å². The second-order valence-electron chi connectivity index (χ2n) is 11.3. The van der Waals surface area contributed by atoms with Crippen molar-refractivity contribution in [3.05, 3.63) is 46.6 Å². The van der Waals surface area contributed by atoms with Crippen LogP contribution in [-0.4, -0.2) is 88.3 Å². The molecule has 3 unspecified atom stereocenters. The van der Waals surface area contributed by atoms with Crippen LogP contribution in [0.3, 0.4) is 0 Å². The van der Waals surface area contributed by atoms with Gasteiger partial charge < -0.3 is 19.4 Å². The van der Waals surface area contributed by atoms with E-state index in [-0.39, 0.29) is 41.2 Å². The number of thioether (sulfide) groups is 1. The minimum absolute atomic E-state index is 0.00439. The highest BCUT2D eigenvalue weighted by Crippen LogP contribution is 2.26. The van der Waals surface area contributed by atoms with Gasteiger partial charge in [0.1, 0.15) is 11.0 Å². The smallest absolute Gasteiger partial charge is 0.254 e. The zero-order valence-corrected chi connectivity index (χ0v) is 24.7. The van der Waals surface area contributed by atoms with Gasteiger partial charge >= 0.3 is 0 Å². The van der Waals surface area contributed by atoms with E-state index in [2.05, 4.69) is 37.6 Å². The zero-order chi connectivity index (χ0) is 27.6. The molecular weight excluding hydrogens is 522 g/mol. The summed E-state index contributed by atoms with van der Waals surface area (Å²) >= 11 is 7.64. The normalized spacial score (nSPS) is 22.5. The lowest BCUT2D eigenvalue weighted by Gasteiger charge is -2.40. The van der Waals surface area contributed by atoms with Crippen LogP contribution >= 0.6 is 23.4 Å². The number of hydrogen-bond donors (Lipinski definition) is 0. The molecule has 2 saturated heterocycles. The summed E-state index contributed by atoms with van der Waals surface area (Å²) in [5, 5.41) is 0.809. The number of piperazine rings is 1. The number of carbonyl (C=O) groups is 2. The SMILES string of the molecule is CC1CN(C(=O)CSc2nc(Cl)cc(N3CCN(C(=O)c4ccc(C(C)(C)C)cc4)C(C)C3)n2)CC(C)O1. The Morgan fingerprint density at radius 2 is 1.68 bits per heavy atom. The van der Waals surface area contributed by atoms with E-state index in [0.29, 0.717) is 54.4 Å². The number of carbonyl (C=O) groups excluding carboxylic acids is 2. The molecule has 10 heteroatoms. The molecule has 1 aromatic carbocycles. The lowest BCUT2D eigenvalue weighted by molar-refractivity contribution is -0.140. The average molecular weight is 560 g/mol. The van der Waals surface area contributed by atoms with Crippen LogP contribution in [0.1, 0.15) is 57.5 Å². The third-order valence-electron chi connectivity index (χ3n) is 6.97. The number of halogens is 1. The number of hydrogen-bond acceptors (Lipinski definition) is 7. The van der Waals surface area contributed by atoms with Gasteiger partial charge in [0, 0.05) is 50.4 Å². The van der Waals surface area contributed by atoms with E-state index in [1.54, 1.807) is 6.07 Å². The maximum Gasteiger partial charge on any atom is 0.254 e. The lowest BCUT2D eigenvalue weighted by atomic mass is 9.86. The predicted octanol–water partition coefficient (Wildman–Crippen LogP) is 4.51. The third-order valence-corrected chi connectivity index (χ3v) is 7.99. The highest BCUT2D eigenvalue weighted by molar-refractivity contribution is 7.99. The summed E-state index contributed by atoms with van der Waals surface area (Å²) < 4.78 is 5.73. The van der Waals surface area contributed by atoms with Gasteiger partial charge in [0.15, 0.2) is 5.16 Å². The Labute approximate surface area is 235 Å². The van der Waals surface area contributed by atoms with Crippen molar-refractivity contribution in [1.82, 2.24) is 19.8 Å². The summed E-state index contributed by atoms with van der Waals surface area (Å²) in [7, 11) is 0. The van der Waals surface area contributed by atoms with Crippen LogP contribution in [0.25, 0.3) is 0 Å². The second-order valence-corrected chi connectivity index (χ2v) is 12.6. The van der Waals surface area contributed by atoms with E-state index in [1.165, 1.54) is 17.3 Å². The fraction of sp³-hybridized carbons (Fsp3) is 0.571. The standard InChI is InChI=1S/C28H38ClN5O3S/c1-18-14-32(11-12-34(18)26(36)21-7-9-22(10-8-21)28(4,5)6)24-13-23(29)30-27(31-24)38-17-25(35)33-15-19(2)37-20(3)16-33/h7-10,13,18-20H,11-12,14-17H2,1-6H3. The Hall–Kier alpha value is -2.36. The number of nitrogens with zero attached hydrogens (tertiary/aromatic N) is 5. The van der Waals surface area contributed by atoms with Crippen LogP contribution in [0.5, 0.6) is 0 Å². The van der Waals surface area contributed by atoms with Gasteiger partial charge in [-0.15, -0.1) is 0 Å². The van der Waals surface area contributed by atoms with Crippen molar-refractivity contribution in [1.29, 1.82) is 0 Å². The van der Waals surface area contributed by atoms with E-state index in [1.807, 2.05) is 47.9 Å². The maximum atomic E-state index is 13.3. The van der Waals surface area contributed by atoms with Gasteiger partial charge in [-0.1, -0.05) is 56.3 Å². The Bertz CT molecular complexity index is 1150. The largest absolute Gasteiger partial charge is 0.372 e. The van der Waals surface area contributed by atoms with E-state index in [9.17, 15) is 9.59 Å². The molecule has 2 fully saturated rings. The van der Waals surface area contributed by atoms with Gasteiger partial charge in [0.05, 0.1) is 18.0 Å². The molecule has 8 nitrogen and oxygen atoms in total. The quantitative estimate of drug-likeness (QED) is 0.303. The number of aromatic nitrogens is 2. The first-order valence-corrected chi connectivity index (χ1v) is 14.5. The van der Waals surface area contributed by atoms with Crippen molar-refractivity contribution in [2.75, 3.05) is 43.4 Å². The third kappa shape index (κ3) is 6.98. The fourth-order valence-electron chi connectivity index (χ4n) is 4.96. The fourth-order valence-corrected chi connectivity index (χ4v) is 5.94. The van der Waals surface area contributed by atoms with Crippen LogP contribution in [-0.2, 0) is 14.9 Å². The zero-order valence-electron chi connectivity index (χ0n) is 23.1. The van der Waals surface area contributed by atoms with E-state index < -0.39 is 0 Å². The molecule has 2 aliphatic heterocycles. The van der Waals surface area contributed by atoms with Crippen LogP contribution in [0.2, 0.25) is 5.15 Å². The number of amides is 2. The summed E-state index contributed by atoms with van der Waals surface area (Å²) in [6.07, 6.45) is 0.0502. The highest BCUT2D eigenvalue weighted by Gasteiger charge is 2.30. The molecule has 0 bridgehead atoms. The Morgan fingerprint density at radius 1 is 1.03 bits per heavy atom. The summed E-state index contributed by atoms with van der Waals surface area (Å²) in [6, 6.07) is 9.68. The minimum atomic E-state index is -0.00439. The van der Waals surface area contributed by atoms with E-state index >= 15 is 0 Å². The van der Waals surface area contributed by atoms with E-state index in [4.69, 9.17) is 21.3 Å². The first-order chi connectivity index (χ1) is 17.9. The topological polar surface area (TPSA) is 78.9 Å². The predicted molar refractivity (Wildman–Crippen MR) is 152 cm³/mol. The number of ether oxygens (including phenoxy) is 1. The molecule has 0 aliphatic carbocycles. The van der Waals surface area contributed by atoms with Crippen molar-refractivity contribution >= 4 is 41.0 Å². The Kier molecular flexibility index (Phi) is 8.89. The molecule has 0 saturated carbocycles. The second kappa shape index (κ2) is 11.8. The molecule has 4 rings (SSSR count). The molecule has 2 amide bonds. The van der Waals surface area contributed by atoms with Crippen molar-refractivity contribution in [2.45, 2.75) is 70.4 Å². The minimum Gasteiger partial charge on any atom is -0.372 e. The van der Waals surface area contributed by atoms with Gasteiger partial charge in [0.25, 0.3) is 5.91 Å². The summed E-state index contributed by atoms with van der Waals surface area (Å²) in [4.78, 5) is 40.9. The van der Waals surface area contributed by atoms with E-state index in [0.717, 1.165) is 0 Å². The molecule has 0 spiro atoms. The van der Waals surface area contributed by atoms with Gasteiger partial charge in [-0.25, -0.2) is 9.97 Å². The van der Waals surface area contributed by atoms with Crippen molar-refractivity contribution in [3.63, 3.8) is 0 Å². The monoisotopic (exact) mass is 559 g/mol. The summed E-state index contributed by atoms with van der Waals surface area (Å²) in [5.74, 6) is 1.03. The average Bonchev–Trinajstić information content (AvgIpc) is 2.85. The maximum absolute atomic E-state index is 13.3. The summed E-state index contributed by atoms with van der Waals surface area (Å²) in [6.45, 7) is 15.5. The first kappa shape index (κ1) is 28.6. The molecule has 2 aliphatic rings. The number of benzene rings is 1. The van der Waals surface area contributed by atoms with Crippen LogP contribution in [0.15, 0.2) is 35.5 Å². The Morgan fingerprint density at radius 3 is 2.29 bits per heavy atom. The molecular formula is C28H38ClN5O3S. The molecule has 3 heterocycles. The number of rotatable bonds is 5. The highest BCUT2D eigenvalue weighted by atomic mass is 35.5. The van der Waals surface area contributed by atoms with Gasteiger partial charge in [-0.3, -0.25) is 9.59 Å². The van der Waals surface area contributed by atoms with Crippen LogP contribution in [0.4, 0.5) is 5.82 Å². The molecule has 0 radical (unpaired) electrons. The molecule has 0 N–H and O–H groups in total. The van der Waals surface area contributed by atoms with Crippen molar-refractivity contribution in [3.8, 4) is 0 Å². The molecule has 38 heavy (non-hydrogen) atoms. The molecule has 3 atom stereocenters. The number of anilines is 1. The Balaban J connectivity index is 1.37. The summed E-state index contributed by atoms with van der Waals surface area (Å²) in [5.41, 5.74) is 1.96. The lowest BCUT2D eigenvalue weighted by Crippen LogP contribution is -2.54.